The normalized spacial score (nSPS) is 16.3. The number of nitrogens with one attached hydrogen (secondary N) is 1. The number of nitrogens with zero attached hydrogens (tertiary/aromatic N) is 1. The van der Waals surface area contributed by atoms with Gasteiger partial charge in [0.2, 0.25) is 5.91 Å². The highest BCUT2D eigenvalue weighted by Gasteiger charge is 2.14. The van der Waals surface area contributed by atoms with E-state index in [1.54, 1.807) is 0 Å². The van der Waals surface area contributed by atoms with E-state index in [1.165, 1.54) is 32.1 Å². The third-order valence-corrected chi connectivity index (χ3v) is 4.38. The van der Waals surface area contributed by atoms with Crippen molar-refractivity contribution in [1.29, 1.82) is 0 Å². The van der Waals surface area contributed by atoms with Gasteiger partial charge in [0.05, 0.1) is 5.69 Å². The van der Waals surface area contributed by atoms with Crippen LogP contribution in [-0.4, -0.2) is 17.6 Å². The molecule has 20 heavy (non-hydrogen) atoms. The zero-order valence-corrected chi connectivity index (χ0v) is 12.7. The van der Waals surface area contributed by atoms with Gasteiger partial charge in [0.1, 0.15) is 5.76 Å². The van der Waals surface area contributed by atoms with Gasteiger partial charge >= 0.3 is 0 Å². The highest BCUT2D eigenvalue weighted by Crippen LogP contribution is 2.25. The Morgan fingerprint density at radius 2 is 2.05 bits per heavy atom. The molecule has 1 amide bonds. The molecule has 0 radical (unpaired) electrons. The van der Waals surface area contributed by atoms with Crippen molar-refractivity contribution in [1.82, 2.24) is 10.5 Å². The fourth-order valence-corrected chi connectivity index (χ4v) is 3.08. The van der Waals surface area contributed by atoms with E-state index in [2.05, 4.69) is 10.5 Å². The van der Waals surface area contributed by atoms with E-state index in [4.69, 9.17) is 4.52 Å². The first-order chi connectivity index (χ1) is 9.66. The molecule has 1 aromatic heterocycles. The van der Waals surface area contributed by atoms with Crippen LogP contribution >= 0.6 is 0 Å². The van der Waals surface area contributed by atoms with Crippen LogP contribution < -0.4 is 5.32 Å². The molecule has 2 rings (SSSR count). The summed E-state index contributed by atoms with van der Waals surface area (Å²) in [6, 6.07) is 0. The van der Waals surface area contributed by atoms with Crippen molar-refractivity contribution in [2.75, 3.05) is 6.54 Å². The maximum Gasteiger partial charge on any atom is 0.220 e. The maximum absolute atomic E-state index is 11.8. The molecule has 0 unspecified atom stereocenters. The zero-order valence-electron chi connectivity index (χ0n) is 12.7. The van der Waals surface area contributed by atoms with Crippen LogP contribution in [0.1, 0.15) is 62.0 Å². The van der Waals surface area contributed by atoms with Crippen LogP contribution in [0.15, 0.2) is 4.52 Å². The smallest absolute Gasteiger partial charge is 0.220 e. The molecule has 0 spiro atoms. The summed E-state index contributed by atoms with van der Waals surface area (Å²) in [4.78, 5) is 11.8. The SMILES string of the molecule is Cc1noc(C)c1CCC(=O)NCCC1CCCCC1. The minimum atomic E-state index is 0.140. The Morgan fingerprint density at radius 3 is 2.70 bits per heavy atom. The van der Waals surface area contributed by atoms with Crippen LogP contribution in [0.4, 0.5) is 0 Å². The lowest BCUT2D eigenvalue weighted by Crippen LogP contribution is -2.26. The van der Waals surface area contributed by atoms with E-state index < -0.39 is 0 Å². The van der Waals surface area contributed by atoms with Crippen LogP contribution in [0.3, 0.4) is 0 Å². The van der Waals surface area contributed by atoms with E-state index in [0.29, 0.717) is 6.42 Å². The molecule has 4 nitrogen and oxygen atoms in total. The molecule has 0 aliphatic heterocycles. The van der Waals surface area contributed by atoms with Crippen LogP contribution in [-0.2, 0) is 11.2 Å². The molecule has 0 aromatic carbocycles. The maximum atomic E-state index is 11.8. The number of carbonyl (C=O) groups excluding carboxylic acids is 1. The Hall–Kier alpha value is -1.32. The summed E-state index contributed by atoms with van der Waals surface area (Å²) in [5.74, 6) is 1.80. The van der Waals surface area contributed by atoms with Gasteiger partial charge in [-0.05, 0) is 32.6 Å². The summed E-state index contributed by atoms with van der Waals surface area (Å²) in [6.07, 6.45) is 9.18. The average molecular weight is 278 g/mol. The van der Waals surface area contributed by atoms with Gasteiger partial charge in [-0.3, -0.25) is 4.79 Å². The largest absolute Gasteiger partial charge is 0.361 e. The first-order valence-electron chi connectivity index (χ1n) is 7.85. The number of aryl methyl sites for hydroxylation is 2. The molecule has 1 heterocycles. The predicted molar refractivity (Wildman–Crippen MR) is 78.5 cm³/mol. The average Bonchev–Trinajstić information content (AvgIpc) is 2.77. The van der Waals surface area contributed by atoms with E-state index in [9.17, 15) is 4.79 Å². The Morgan fingerprint density at radius 1 is 1.30 bits per heavy atom. The van der Waals surface area contributed by atoms with Crippen molar-refractivity contribution in [3.63, 3.8) is 0 Å². The second-order valence-electron chi connectivity index (χ2n) is 5.95. The van der Waals surface area contributed by atoms with Gasteiger partial charge in [-0.25, -0.2) is 0 Å². The van der Waals surface area contributed by atoms with E-state index in [-0.39, 0.29) is 5.91 Å². The zero-order chi connectivity index (χ0) is 14.4. The number of carbonyl (C=O) groups is 1. The third kappa shape index (κ3) is 4.36. The van der Waals surface area contributed by atoms with Crippen molar-refractivity contribution in [2.24, 2.45) is 5.92 Å². The Balaban J connectivity index is 1.63. The Kier molecular flexibility index (Phi) is 5.62. The molecule has 0 atom stereocenters. The quantitative estimate of drug-likeness (QED) is 0.868. The highest BCUT2D eigenvalue weighted by atomic mass is 16.5. The van der Waals surface area contributed by atoms with Crippen LogP contribution in [0.5, 0.6) is 0 Å². The summed E-state index contributed by atoms with van der Waals surface area (Å²) in [7, 11) is 0. The molecular weight excluding hydrogens is 252 g/mol. The number of hydrogen-bond donors (Lipinski definition) is 1. The number of rotatable bonds is 6. The lowest BCUT2D eigenvalue weighted by Gasteiger charge is -2.21. The third-order valence-electron chi connectivity index (χ3n) is 4.38. The summed E-state index contributed by atoms with van der Waals surface area (Å²) in [5.41, 5.74) is 1.98. The van der Waals surface area contributed by atoms with Gasteiger partial charge in [-0.15, -0.1) is 0 Å². The molecule has 0 bridgehead atoms. The molecule has 1 N–H and O–H groups in total. The lowest BCUT2D eigenvalue weighted by molar-refractivity contribution is -0.121. The molecule has 1 aliphatic rings. The summed E-state index contributed by atoms with van der Waals surface area (Å²) >= 11 is 0. The topological polar surface area (TPSA) is 55.1 Å². The van der Waals surface area contributed by atoms with Crippen molar-refractivity contribution < 1.29 is 9.32 Å². The van der Waals surface area contributed by atoms with Crippen molar-refractivity contribution in [3.8, 4) is 0 Å². The molecule has 4 heteroatoms. The predicted octanol–water partition coefficient (Wildman–Crippen LogP) is 3.31. The second kappa shape index (κ2) is 7.46. The molecule has 1 saturated carbocycles. The highest BCUT2D eigenvalue weighted by molar-refractivity contribution is 5.76. The van der Waals surface area contributed by atoms with Gasteiger partial charge in [-0.2, -0.15) is 0 Å². The van der Waals surface area contributed by atoms with Crippen LogP contribution in [0.2, 0.25) is 0 Å². The van der Waals surface area contributed by atoms with Gasteiger partial charge in [0, 0.05) is 18.5 Å². The molecule has 112 valence electrons. The summed E-state index contributed by atoms with van der Waals surface area (Å²) in [6.45, 7) is 4.65. The van der Waals surface area contributed by atoms with Crippen molar-refractivity contribution in [2.45, 2.75) is 65.2 Å². The molecular formula is C16H26N2O2. The number of aromatic nitrogens is 1. The van der Waals surface area contributed by atoms with Gasteiger partial charge in [-0.1, -0.05) is 37.3 Å². The van der Waals surface area contributed by atoms with E-state index >= 15 is 0 Å². The van der Waals surface area contributed by atoms with Crippen LogP contribution in [0, 0.1) is 19.8 Å². The number of hydrogen-bond acceptors (Lipinski definition) is 3. The van der Waals surface area contributed by atoms with E-state index in [1.807, 2.05) is 13.8 Å². The Bertz CT molecular complexity index is 414. The number of amides is 1. The van der Waals surface area contributed by atoms with Crippen LogP contribution in [0.25, 0.3) is 0 Å². The Labute approximate surface area is 121 Å². The van der Waals surface area contributed by atoms with Crippen molar-refractivity contribution >= 4 is 5.91 Å². The molecule has 1 aromatic rings. The first-order valence-corrected chi connectivity index (χ1v) is 7.85. The van der Waals surface area contributed by atoms with Gasteiger partial charge in [0.25, 0.3) is 0 Å². The fraction of sp³-hybridized carbons (Fsp3) is 0.750. The summed E-state index contributed by atoms with van der Waals surface area (Å²) in [5, 5.41) is 6.95. The minimum Gasteiger partial charge on any atom is -0.361 e. The molecule has 1 aliphatic carbocycles. The minimum absolute atomic E-state index is 0.140. The standard InChI is InChI=1S/C16H26N2O2/c1-12-15(13(2)20-18-12)8-9-16(19)17-11-10-14-6-4-3-5-7-14/h14H,3-11H2,1-2H3,(H,17,19). The fourth-order valence-electron chi connectivity index (χ4n) is 3.08. The second-order valence-corrected chi connectivity index (χ2v) is 5.95. The molecule has 0 saturated heterocycles. The summed E-state index contributed by atoms with van der Waals surface area (Å²) < 4.78 is 5.11. The first kappa shape index (κ1) is 15.1. The van der Waals surface area contributed by atoms with E-state index in [0.717, 1.165) is 42.3 Å². The van der Waals surface area contributed by atoms with Gasteiger partial charge in [0.15, 0.2) is 0 Å². The molecule has 1 fully saturated rings. The van der Waals surface area contributed by atoms with Gasteiger partial charge < -0.3 is 9.84 Å². The lowest BCUT2D eigenvalue weighted by atomic mass is 9.87. The monoisotopic (exact) mass is 278 g/mol. The van der Waals surface area contributed by atoms with Crippen molar-refractivity contribution in [3.05, 3.63) is 17.0 Å².